The fraction of sp³-hybridized carbons (Fsp3) is 0.417. The molecule has 1 aromatic rings. The Balaban J connectivity index is 3.05. The predicted octanol–water partition coefficient (Wildman–Crippen LogP) is 1.07. The minimum Gasteiger partial charge on any atom is -0.345 e. The molecule has 0 fully saturated rings. The maximum Gasteiger partial charge on any atom is 0.292 e. The highest BCUT2D eigenvalue weighted by Gasteiger charge is 2.27. The van der Waals surface area contributed by atoms with Gasteiger partial charge in [0.25, 0.3) is 11.7 Å². The van der Waals surface area contributed by atoms with Gasteiger partial charge >= 0.3 is 0 Å². The minimum absolute atomic E-state index is 0.262. The Hall–Kier alpha value is -1.98. The molecule has 0 saturated carbocycles. The van der Waals surface area contributed by atoms with E-state index in [1.54, 1.807) is 20.8 Å². The summed E-state index contributed by atoms with van der Waals surface area (Å²) in [6.07, 6.45) is 1.43. The van der Waals surface area contributed by atoms with Gasteiger partial charge in [0.2, 0.25) is 0 Å². The van der Waals surface area contributed by atoms with E-state index in [-0.39, 0.29) is 5.69 Å². The maximum absolute atomic E-state index is 13.7. The van der Waals surface area contributed by atoms with Gasteiger partial charge in [-0.05, 0) is 20.8 Å². The number of carbonyl (C=O) groups is 3. The number of ketones is 1. The minimum atomic E-state index is -0.994. The average Bonchev–Trinajstić information content (AvgIpc) is 2.50. The maximum atomic E-state index is 13.7. The van der Waals surface area contributed by atoms with Crippen LogP contribution in [0, 0.1) is 5.82 Å². The number of nitrogens with zero attached hydrogens (tertiary/aromatic N) is 1. The van der Waals surface area contributed by atoms with Crippen LogP contribution in [0.3, 0.4) is 0 Å². The van der Waals surface area contributed by atoms with Crippen LogP contribution in [0.5, 0.6) is 0 Å². The molecule has 0 aliphatic rings. The van der Waals surface area contributed by atoms with Crippen LogP contribution in [0.4, 0.5) is 4.39 Å². The number of aryl methyl sites for hydroxylation is 1. The molecular weight excluding hydrogens is 239 g/mol. The summed E-state index contributed by atoms with van der Waals surface area (Å²) in [5.41, 5.74) is -1.26. The molecule has 0 saturated heterocycles. The van der Waals surface area contributed by atoms with E-state index in [9.17, 15) is 18.8 Å². The quantitative estimate of drug-likeness (QED) is 0.498. The molecule has 98 valence electrons. The van der Waals surface area contributed by atoms with E-state index >= 15 is 0 Å². The molecule has 1 aromatic heterocycles. The van der Waals surface area contributed by atoms with Crippen LogP contribution in [0.15, 0.2) is 6.20 Å². The van der Waals surface area contributed by atoms with Gasteiger partial charge in [-0.1, -0.05) is 0 Å². The largest absolute Gasteiger partial charge is 0.345 e. The molecule has 0 radical (unpaired) electrons. The van der Waals surface area contributed by atoms with Crippen molar-refractivity contribution >= 4 is 18.0 Å². The number of amides is 1. The van der Waals surface area contributed by atoms with Crippen molar-refractivity contribution in [1.82, 2.24) is 9.88 Å². The van der Waals surface area contributed by atoms with Gasteiger partial charge in [0.15, 0.2) is 12.1 Å². The van der Waals surface area contributed by atoms with Crippen molar-refractivity contribution in [1.29, 1.82) is 0 Å². The predicted molar refractivity (Wildman–Crippen MR) is 63.0 cm³/mol. The molecule has 6 heteroatoms. The smallest absolute Gasteiger partial charge is 0.292 e. The van der Waals surface area contributed by atoms with Crippen molar-refractivity contribution in [3.8, 4) is 0 Å². The van der Waals surface area contributed by atoms with Crippen LogP contribution < -0.4 is 5.32 Å². The second kappa shape index (κ2) is 4.72. The second-order valence-corrected chi connectivity index (χ2v) is 5.00. The lowest BCUT2D eigenvalue weighted by molar-refractivity contribution is -0.118. The normalized spacial score (nSPS) is 11.2. The van der Waals surface area contributed by atoms with Crippen LogP contribution in [0.2, 0.25) is 0 Å². The first-order valence-electron chi connectivity index (χ1n) is 5.34. The first-order valence-corrected chi connectivity index (χ1v) is 5.34. The zero-order valence-corrected chi connectivity index (χ0v) is 10.7. The van der Waals surface area contributed by atoms with Crippen LogP contribution in [0.25, 0.3) is 0 Å². The number of rotatable bonds is 3. The summed E-state index contributed by atoms with van der Waals surface area (Å²) in [4.78, 5) is 33.9. The van der Waals surface area contributed by atoms with Crippen LogP contribution in [-0.4, -0.2) is 28.1 Å². The summed E-state index contributed by atoms with van der Waals surface area (Å²) in [5.74, 6) is -2.86. The summed E-state index contributed by atoms with van der Waals surface area (Å²) in [7, 11) is 1.42. The average molecular weight is 254 g/mol. The molecule has 18 heavy (non-hydrogen) atoms. The molecule has 0 aliphatic carbocycles. The van der Waals surface area contributed by atoms with Gasteiger partial charge in [0.1, 0.15) is 5.69 Å². The van der Waals surface area contributed by atoms with Crippen LogP contribution in [-0.2, 0) is 11.8 Å². The van der Waals surface area contributed by atoms with Gasteiger partial charge in [-0.3, -0.25) is 14.4 Å². The number of Topliss-reactive ketones (excluding diaryl/α,β-unsaturated/α-hetero) is 1. The molecule has 0 unspecified atom stereocenters. The van der Waals surface area contributed by atoms with Crippen molar-refractivity contribution in [2.24, 2.45) is 7.05 Å². The molecule has 1 amide bonds. The van der Waals surface area contributed by atoms with E-state index in [1.165, 1.54) is 11.6 Å². The zero-order valence-electron chi connectivity index (χ0n) is 10.7. The number of hydrogen-bond donors (Lipinski definition) is 1. The first kappa shape index (κ1) is 14.1. The fourth-order valence-corrected chi connectivity index (χ4v) is 1.43. The summed E-state index contributed by atoms with van der Waals surface area (Å²) >= 11 is 0. The lowest BCUT2D eigenvalue weighted by Crippen LogP contribution is -2.44. The number of aromatic nitrogens is 1. The first-order chi connectivity index (χ1) is 8.17. The molecular formula is C12H15FN2O3. The number of aldehydes is 1. The van der Waals surface area contributed by atoms with Gasteiger partial charge in [0, 0.05) is 18.8 Å². The number of hydrogen-bond acceptors (Lipinski definition) is 3. The van der Waals surface area contributed by atoms with Crippen molar-refractivity contribution in [2.75, 3.05) is 0 Å². The van der Waals surface area contributed by atoms with Gasteiger partial charge in [0.05, 0.1) is 5.56 Å². The molecule has 0 atom stereocenters. The Morgan fingerprint density at radius 1 is 1.39 bits per heavy atom. The van der Waals surface area contributed by atoms with Gasteiger partial charge in [-0.15, -0.1) is 0 Å². The monoisotopic (exact) mass is 254 g/mol. The summed E-state index contributed by atoms with van der Waals surface area (Å²) in [5, 5.41) is 2.44. The van der Waals surface area contributed by atoms with E-state index in [0.717, 1.165) is 6.20 Å². The number of halogens is 1. The zero-order chi connectivity index (χ0) is 14.1. The second-order valence-electron chi connectivity index (χ2n) is 5.00. The van der Waals surface area contributed by atoms with E-state index < -0.39 is 28.6 Å². The Kier molecular flexibility index (Phi) is 3.69. The van der Waals surface area contributed by atoms with E-state index in [0.29, 0.717) is 6.29 Å². The van der Waals surface area contributed by atoms with E-state index in [1.807, 2.05) is 0 Å². The van der Waals surface area contributed by atoms with E-state index in [2.05, 4.69) is 5.32 Å². The summed E-state index contributed by atoms with van der Waals surface area (Å²) in [6, 6.07) is 0. The molecule has 0 bridgehead atoms. The van der Waals surface area contributed by atoms with Gasteiger partial charge < -0.3 is 9.88 Å². The molecule has 5 nitrogen and oxygen atoms in total. The fourth-order valence-electron chi connectivity index (χ4n) is 1.43. The Morgan fingerprint density at radius 2 is 1.94 bits per heavy atom. The molecule has 0 aromatic carbocycles. The van der Waals surface area contributed by atoms with Crippen molar-refractivity contribution < 1.29 is 18.8 Å². The van der Waals surface area contributed by atoms with Gasteiger partial charge in [-0.2, -0.15) is 0 Å². The van der Waals surface area contributed by atoms with E-state index in [4.69, 9.17) is 0 Å². The number of nitrogens with one attached hydrogen (secondary N) is 1. The van der Waals surface area contributed by atoms with Crippen molar-refractivity contribution in [3.05, 3.63) is 23.3 Å². The number of carbonyl (C=O) groups excluding carboxylic acids is 3. The van der Waals surface area contributed by atoms with Crippen molar-refractivity contribution in [2.45, 2.75) is 26.3 Å². The van der Waals surface area contributed by atoms with Crippen molar-refractivity contribution in [3.63, 3.8) is 0 Å². The van der Waals surface area contributed by atoms with Gasteiger partial charge in [-0.25, -0.2) is 4.39 Å². The molecule has 1 heterocycles. The summed E-state index contributed by atoms with van der Waals surface area (Å²) < 4.78 is 14.9. The lowest BCUT2D eigenvalue weighted by atomic mass is 10.1. The third-order valence-electron chi connectivity index (χ3n) is 2.22. The molecule has 1 rings (SSSR count). The Bertz CT molecular complexity index is 512. The highest BCUT2D eigenvalue weighted by Crippen LogP contribution is 2.14. The molecule has 0 spiro atoms. The third-order valence-corrected chi connectivity index (χ3v) is 2.22. The topological polar surface area (TPSA) is 68.2 Å². The highest BCUT2D eigenvalue weighted by atomic mass is 19.1. The Morgan fingerprint density at radius 3 is 2.33 bits per heavy atom. The molecule has 1 N–H and O–H groups in total. The van der Waals surface area contributed by atoms with Crippen LogP contribution >= 0.6 is 0 Å². The third kappa shape index (κ3) is 2.82. The summed E-state index contributed by atoms with van der Waals surface area (Å²) in [6.45, 7) is 5.11. The Labute approximate surface area is 104 Å². The lowest BCUT2D eigenvalue weighted by Gasteiger charge is -2.19. The molecule has 0 aliphatic heterocycles. The van der Waals surface area contributed by atoms with Crippen LogP contribution in [0.1, 0.15) is 41.6 Å². The highest BCUT2D eigenvalue weighted by molar-refractivity contribution is 6.43. The standard InChI is InChI=1S/C12H15FN2O3/c1-12(2,3)14-11(18)10(17)7-5-15(4)8(6-16)9(7)13/h5-6H,1-4H3,(H,14,18). The SMILES string of the molecule is Cn1cc(C(=O)C(=O)NC(C)(C)C)c(F)c1C=O.